The molecule has 0 spiro atoms. The van der Waals surface area contributed by atoms with Gasteiger partial charge in [0.1, 0.15) is 0 Å². The van der Waals surface area contributed by atoms with Crippen LogP contribution in [0.1, 0.15) is 27.2 Å². The Morgan fingerprint density at radius 3 is 2.33 bits per heavy atom. The smallest absolute Gasteiger partial charge is 0.0636 e. The third-order valence-electron chi connectivity index (χ3n) is 1.37. The monoisotopic (exact) mass is 131 g/mol. The highest BCUT2D eigenvalue weighted by Gasteiger charge is 1.98. The molecule has 2 N–H and O–H groups in total. The lowest BCUT2D eigenvalue weighted by molar-refractivity contribution is 0.186. The highest BCUT2D eigenvalue weighted by Crippen LogP contribution is 1.87. The van der Waals surface area contributed by atoms with Gasteiger partial charge in [-0.2, -0.15) is 0 Å². The number of rotatable bonds is 4. The zero-order valence-corrected chi connectivity index (χ0v) is 6.52. The first kappa shape index (κ1) is 8.92. The molecular weight excluding hydrogens is 114 g/mol. The Hall–Kier alpha value is -0.0800. The van der Waals surface area contributed by atoms with Crippen LogP contribution in [0.25, 0.3) is 0 Å². The minimum atomic E-state index is -0.223. The van der Waals surface area contributed by atoms with Crippen molar-refractivity contribution in [1.82, 2.24) is 5.32 Å². The van der Waals surface area contributed by atoms with E-state index in [-0.39, 0.29) is 6.10 Å². The van der Waals surface area contributed by atoms with Crippen molar-refractivity contribution in [3.05, 3.63) is 0 Å². The predicted molar refractivity (Wildman–Crippen MR) is 39.4 cm³/mol. The summed E-state index contributed by atoms with van der Waals surface area (Å²) in [4.78, 5) is 0. The average molecular weight is 131 g/mol. The number of aliphatic hydroxyl groups is 1. The molecule has 0 aliphatic rings. The van der Waals surface area contributed by atoms with Crippen molar-refractivity contribution in [2.24, 2.45) is 0 Å². The van der Waals surface area contributed by atoms with Crippen LogP contribution in [0.3, 0.4) is 0 Å². The number of aliphatic hydroxyl groups excluding tert-OH is 1. The summed E-state index contributed by atoms with van der Waals surface area (Å²) in [5.74, 6) is 0. The van der Waals surface area contributed by atoms with Gasteiger partial charge in [0.15, 0.2) is 0 Å². The molecule has 0 aromatic rings. The fourth-order valence-electron chi connectivity index (χ4n) is 0.516. The van der Waals surface area contributed by atoms with Gasteiger partial charge in [-0.15, -0.1) is 0 Å². The van der Waals surface area contributed by atoms with E-state index in [9.17, 15) is 0 Å². The Kier molecular flexibility index (Phi) is 4.72. The second-order valence-corrected chi connectivity index (χ2v) is 2.57. The molecule has 0 heterocycles. The quantitative estimate of drug-likeness (QED) is 0.590. The molecule has 0 aliphatic heterocycles. The van der Waals surface area contributed by atoms with Gasteiger partial charge in [-0.05, 0) is 20.3 Å². The van der Waals surface area contributed by atoms with Gasteiger partial charge in [-0.25, -0.2) is 0 Å². The Labute approximate surface area is 57.3 Å². The van der Waals surface area contributed by atoms with Crippen LogP contribution in [-0.4, -0.2) is 23.8 Å². The maximum absolute atomic E-state index is 8.83. The van der Waals surface area contributed by atoms with E-state index >= 15 is 0 Å². The van der Waals surface area contributed by atoms with Crippen LogP contribution in [0.2, 0.25) is 0 Å². The third kappa shape index (κ3) is 5.80. The topological polar surface area (TPSA) is 32.3 Å². The Balaban J connectivity index is 3.06. The van der Waals surface area contributed by atoms with Gasteiger partial charge in [0, 0.05) is 12.6 Å². The normalized spacial score (nSPS) is 17.3. The first-order valence-corrected chi connectivity index (χ1v) is 3.58. The molecule has 9 heavy (non-hydrogen) atoms. The van der Waals surface area contributed by atoms with Gasteiger partial charge in [0.2, 0.25) is 0 Å². The summed E-state index contributed by atoms with van der Waals surface area (Å²) in [6.45, 7) is 6.73. The second kappa shape index (κ2) is 4.77. The van der Waals surface area contributed by atoms with Crippen molar-refractivity contribution < 1.29 is 5.11 Å². The second-order valence-electron chi connectivity index (χ2n) is 2.57. The van der Waals surface area contributed by atoms with E-state index in [0.29, 0.717) is 12.6 Å². The van der Waals surface area contributed by atoms with Crippen molar-refractivity contribution in [3.63, 3.8) is 0 Å². The van der Waals surface area contributed by atoms with Crippen molar-refractivity contribution >= 4 is 0 Å². The minimum absolute atomic E-state index is 0.223. The van der Waals surface area contributed by atoms with E-state index in [1.165, 1.54) is 0 Å². The van der Waals surface area contributed by atoms with Gasteiger partial charge in [-0.1, -0.05) is 6.92 Å². The van der Waals surface area contributed by atoms with Gasteiger partial charge in [-0.3, -0.25) is 0 Å². The molecule has 0 aromatic carbocycles. The van der Waals surface area contributed by atoms with E-state index in [4.69, 9.17) is 5.11 Å². The summed E-state index contributed by atoms with van der Waals surface area (Å²) < 4.78 is 0. The van der Waals surface area contributed by atoms with Gasteiger partial charge >= 0.3 is 0 Å². The van der Waals surface area contributed by atoms with Crippen molar-refractivity contribution in [2.45, 2.75) is 39.3 Å². The maximum atomic E-state index is 8.83. The summed E-state index contributed by atoms with van der Waals surface area (Å²) in [6.07, 6.45) is 0.895. The van der Waals surface area contributed by atoms with E-state index in [2.05, 4.69) is 19.2 Å². The summed E-state index contributed by atoms with van der Waals surface area (Å²) in [5.41, 5.74) is 0. The minimum Gasteiger partial charge on any atom is -0.392 e. The molecule has 0 saturated heterocycles. The number of hydrogen-bond donors (Lipinski definition) is 2. The lowest BCUT2D eigenvalue weighted by Crippen LogP contribution is -2.31. The summed E-state index contributed by atoms with van der Waals surface area (Å²) in [6, 6.07) is 0.527. The summed E-state index contributed by atoms with van der Waals surface area (Å²) in [7, 11) is 0. The van der Waals surface area contributed by atoms with Crippen LogP contribution in [0.4, 0.5) is 0 Å². The molecule has 0 bridgehead atoms. The standard InChI is InChI=1S/C7H17NO/c1-4-6(2)8-5-7(3)9/h6-9H,4-5H2,1-3H3/t6-,7+/m0/s1. The Morgan fingerprint density at radius 1 is 1.44 bits per heavy atom. The van der Waals surface area contributed by atoms with E-state index < -0.39 is 0 Å². The largest absolute Gasteiger partial charge is 0.392 e. The van der Waals surface area contributed by atoms with Crippen molar-refractivity contribution in [2.75, 3.05) is 6.54 Å². The predicted octanol–water partition coefficient (Wildman–Crippen LogP) is 0.755. The fraction of sp³-hybridized carbons (Fsp3) is 1.00. The van der Waals surface area contributed by atoms with Gasteiger partial charge < -0.3 is 10.4 Å². The Morgan fingerprint density at radius 2 is 2.00 bits per heavy atom. The summed E-state index contributed by atoms with van der Waals surface area (Å²) in [5, 5.41) is 12.0. The number of nitrogens with one attached hydrogen (secondary N) is 1. The SMILES string of the molecule is CC[C@H](C)NC[C@@H](C)O. The molecule has 0 fully saturated rings. The van der Waals surface area contributed by atoms with Crippen LogP contribution >= 0.6 is 0 Å². The van der Waals surface area contributed by atoms with Crippen molar-refractivity contribution in [3.8, 4) is 0 Å². The first-order chi connectivity index (χ1) is 4.16. The van der Waals surface area contributed by atoms with E-state index in [1.54, 1.807) is 6.92 Å². The molecule has 2 atom stereocenters. The maximum Gasteiger partial charge on any atom is 0.0636 e. The zero-order valence-electron chi connectivity index (χ0n) is 6.52. The van der Waals surface area contributed by atoms with Crippen LogP contribution < -0.4 is 5.32 Å². The van der Waals surface area contributed by atoms with Crippen LogP contribution in [0.15, 0.2) is 0 Å². The molecule has 0 radical (unpaired) electrons. The molecule has 0 saturated carbocycles. The molecule has 2 heteroatoms. The van der Waals surface area contributed by atoms with Crippen LogP contribution in [-0.2, 0) is 0 Å². The molecular formula is C7H17NO. The highest BCUT2D eigenvalue weighted by molar-refractivity contribution is 4.59. The molecule has 2 nitrogen and oxygen atoms in total. The van der Waals surface area contributed by atoms with Crippen LogP contribution in [0.5, 0.6) is 0 Å². The van der Waals surface area contributed by atoms with Crippen LogP contribution in [0, 0.1) is 0 Å². The third-order valence-corrected chi connectivity index (χ3v) is 1.37. The molecule has 0 unspecified atom stereocenters. The lowest BCUT2D eigenvalue weighted by atomic mass is 10.2. The Bertz CT molecular complexity index is 63.9. The molecule has 0 amide bonds. The van der Waals surface area contributed by atoms with Gasteiger partial charge in [0.25, 0.3) is 0 Å². The molecule has 0 aromatic heterocycles. The summed E-state index contributed by atoms with van der Waals surface area (Å²) >= 11 is 0. The average Bonchev–Trinajstić information content (AvgIpc) is 1.83. The van der Waals surface area contributed by atoms with E-state index in [1.807, 2.05) is 0 Å². The van der Waals surface area contributed by atoms with Crippen molar-refractivity contribution in [1.29, 1.82) is 0 Å². The molecule has 0 rings (SSSR count). The number of hydrogen-bond acceptors (Lipinski definition) is 2. The molecule has 0 aliphatic carbocycles. The van der Waals surface area contributed by atoms with Gasteiger partial charge in [0.05, 0.1) is 6.10 Å². The zero-order chi connectivity index (χ0) is 7.28. The first-order valence-electron chi connectivity index (χ1n) is 3.58. The molecule has 56 valence electrons. The fourth-order valence-corrected chi connectivity index (χ4v) is 0.516. The highest BCUT2D eigenvalue weighted by atomic mass is 16.3. The lowest BCUT2D eigenvalue weighted by Gasteiger charge is -2.11. The van der Waals surface area contributed by atoms with E-state index in [0.717, 1.165) is 6.42 Å².